The van der Waals surface area contributed by atoms with E-state index in [2.05, 4.69) is 10.6 Å². The third kappa shape index (κ3) is 12.4. The smallest absolute Gasteiger partial charge is 0.217 e. The van der Waals surface area contributed by atoms with Crippen LogP contribution in [0, 0.1) is 0 Å². The molecule has 2 amide bonds. The summed E-state index contributed by atoms with van der Waals surface area (Å²) >= 11 is 0. The molecule has 0 bridgehead atoms. The molecule has 0 saturated carbocycles. The van der Waals surface area contributed by atoms with Crippen molar-refractivity contribution in [2.75, 3.05) is 0 Å². The van der Waals surface area contributed by atoms with Gasteiger partial charge in [0.25, 0.3) is 0 Å². The Morgan fingerprint density at radius 3 is 0.944 bits per heavy atom. The Labute approximate surface area is 108 Å². The van der Waals surface area contributed by atoms with Crippen molar-refractivity contribution in [2.45, 2.75) is 53.6 Å². The molecule has 6 heteroatoms. The van der Waals surface area contributed by atoms with Gasteiger partial charge in [-0.05, 0) is 27.7 Å². The summed E-state index contributed by atoms with van der Waals surface area (Å²) in [6.07, 6.45) is 0. The van der Waals surface area contributed by atoms with Crippen molar-refractivity contribution in [1.82, 2.24) is 10.6 Å². The summed E-state index contributed by atoms with van der Waals surface area (Å²) in [5.74, 6) is -0.384. The van der Waals surface area contributed by atoms with Gasteiger partial charge in [0.2, 0.25) is 11.8 Å². The Balaban J connectivity index is 0. The van der Waals surface area contributed by atoms with Gasteiger partial charge in [0, 0.05) is 13.8 Å². The Bertz CT molecular complexity index is 294. The van der Waals surface area contributed by atoms with Crippen LogP contribution in [0.25, 0.3) is 0 Å². The highest BCUT2D eigenvalue weighted by atomic mass is 16.2. The highest BCUT2D eigenvalue weighted by Gasteiger charge is 2.06. The minimum absolute atomic E-state index is 0.0230. The summed E-state index contributed by atoms with van der Waals surface area (Å²) < 4.78 is 0. The third-order valence-electron chi connectivity index (χ3n) is 2.06. The zero-order valence-electron chi connectivity index (χ0n) is 11.8. The monoisotopic (exact) mass is 258 g/mol. The van der Waals surface area contributed by atoms with E-state index in [9.17, 15) is 19.2 Å². The second kappa shape index (κ2) is 9.32. The highest BCUT2D eigenvalue weighted by Crippen LogP contribution is 1.82. The van der Waals surface area contributed by atoms with E-state index in [1.54, 1.807) is 13.8 Å². The summed E-state index contributed by atoms with van der Waals surface area (Å²) in [7, 11) is 0. The van der Waals surface area contributed by atoms with Gasteiger partial charge in [-0.1, -0.05) is 0 Å². The van der Waals surface area contributed by atoms with Gasteiger partial charge in [-0.3, -0.25) is 19.2 Å². The molecule has 0 aliphatic heterocycles. The van der Waals surface area contributed by atoms with E-state index in [0.29, 0.717) is 0 Å². The van der Waals surface area contributed by atoms with Crippen LogP contribution < -0.4 is 10.6 Å². The van der Waals surface area contributed by atoms with E-state index >= 15 is 0 Å². The lowest BCUT2D eigenvalue weighted by Gasteiger charge is -2.06. The number of hydrogen-bond donors (Lipinski definition) is 2. The minimum atomic E-state index is -0.345. The molecule has 104 valence electrons. The van der Waals surface area contributed by atoms with Crippen molar-refractivity contribution in [3.8, 4) is 0 Å². The number of nitrogens with one attached hydrogen (secondary N) is 2. The Morgan fingerprint density at radius 1 is 0.667 bits per heavy atom. The lowest BCUT2D eigenvalue weighted by Crippen LogP contribution is -2.35. The van der Waals surface area contributed by atoms with Crippen LogP contribution in [0.3, 0.4) is 0 Å². The lowest BCUT2D eigenvalue weighted by atomic mass is 10.2. The highest BCUT2D eigenvalue weighted by molar-refractivity contribution is 5.86. The Kier molecular flexibility index (Phi) is 9.66. The first-order chi connectivity index (χ1) is 8.07. The first-order valence-electron chi connectivity index (χ1n) is 5.63. The zero-order chi connectivity index (χ0) is 14.9. The van der Waals surface area contributed by atoms with Crippen LogP contribution in [-0.2, 0) is 19.2 Å². The van der Waals surface area contributed by atoms with Crippen molar-refractivity contribution >= 4 is 23.4 Å². The Morgan fingerprint density at radius 2 is 0.889 bits per heavy atom. The molecule has 0 heterocycles. The number of rotatable bonds is 4. The largest absolute Gasteiger partial charge is 0.347 e. The maximum absolute atomic E-state index is 10.5. The van der Waals surface area contributed by atoms with Crippen molar-refractivity contribution < 1.29 is 19.2 Å². The molecule has 2 atom stereocenters. The van der Waals surface area contributed by atoms with Crippen molar-refractivity contribution in [3.63, 3.8) is 0 Å². The lowest BCUT2D eigenvalue weighted by molar-refractivity contribution is -0.125. The number of carbonyl (C=O) groups excluding carboxylic acids is 4. The van der Waals surface area contributed by atoms with Gasteiger partial charge in [-0.25, -0.2) is 0 Å². The predicted molar refractivity (Wildman–Crippen MR) is 67.9 cm³/mol. The molecule has 0 spiro atoms. The fraction of sp³-hybridized carbons (Fsp3) is 0.667. The maximum atomic E-state index is 10.5. The topological polar surface area (TPSA) is 92.3 Å². The van der Waals surface area contributed by atoms with E-state index in [4.69, 9.17) is 0 Å². The first kappa shape index (κ1) is 18.6. The van der Waals surface area contributed by atoms with Gasteiger partial charge in [-0.15, -0.1) is 0 Å². The minimum Gasteiger partial charge on any atom is -0.347 e. The van der Waals surface area contributed by atoms with Gasteiger partial charge in [-0.2, -0.15) is 0 Å². The van der Waals surface area contributed by atoms with E-state index < -0.39 is 0 Å². The van der Waals surface area contributed by atoms with Crippen LogP contribution in [0.15, 0.2) is 0 Å². The van der Waals surface area contributed by atoms with Gasteiger partial charge in [0.1, 0.15) is 0 Å². The summed E-state index contributed by atoms with van der Waals surface area (Å²) in [5, 5.41) is 4.91. The van der Waals surface area contributed by atoms with Crippen LogP contribution in [0.2, 0.25) is 0 Å². The second-order valence-electron chi connectivity index (χ2n) is 4.07. The summed E-state index contributed by atoms with van der Waals surface area (Å²) in [6, 6.07) is -0.690. The maximum Gasteiger partial charge on any atom is 0.217 e. The SMILES string of the molecule is CC(=O)NC(C)C(C)=O.CC(=O)NC(C)C(C)=O. The first-order valence-corrected chi connectivity index (χ1v) is 5.63. The molecule has 0 aromatic heterocycles. The standard InChI is InChI=1S/2C6H11NO2/c2*1-4(5(2)8)7-6(3)9/h2*4H,1-3H3,(H,7,9). The molecule has 0 rings (SSSR count). The fourth-order valence-electron chi connectivity index (χ4n) is 0.813. The Hall–Kier alpha value is -1.72. The molecule has 6 nitrogen and oxygen atoms in total. The fourth-order valence-corrected chi connectivity index (χ4v) is 0.813. The van der Waals surface area contributed by atoms with Crippen LogP contribution >= 0.6 is 0 Å². The van der Waals surface area contributed by atoms with Gasteiger partial charge in [0.15, 0.2) is 11.6 Å². The molecule has 0 radical (unpaired) electrons. The van der Waals surface area contributed by atoms with Gasteiger partial charge in [0.05, 0.1) is 12.1 Å². The van der Waals surface area contributed by atoms with Crippen LogP contribution in [0.1, 0.15) is 41.5 Å². The second-order valence-corrected chi connectivity index (χ2v) is 4.07. The molecule has 0 aliphatic carbocycles. The summed E-state index contributed by atoms with van der Waals surface area (Å²) in [4.78, 5) is 41.5. The van der Waals surface area contributed by atoms with E-state index in [0.717, 1.165) is 0 Å². The average molecular weight is 258 g/mol. The van der Waals surface area contributed by atoms with Crippen LogP contribution in [0.4, 0.5) is 0 Å². The normalized spacial score (nSPS) is 12.3. The summed E-state index contributed by atoms with van der Waals surface area (Å²) in [6.45, 7) is 8.98. The number of Topliss-reactive ketones (excluding diaryl/α,β-unsaturated/α-hetero) is 2. The van der Waals surface area contributed by atoms with Crippen LogP contribution in [0.5, 0.6) is 0 Å². The molecule has 18 heavy (non-hydrogen) atoms. The number of amides is 2. The number of carbonyl (C=O) groups is 4. The quantitative estimate of drug-likeness (QED) is 0.753. The predicted octanol–water partition coefficient (Wildman–Crippen LogP) is 0.200. The molecule has 0 saturated heterocycles. The molecular formula is C12H22N2O4. The molecule has 0 fully saturated rings. The van der Waals surface area contributed by atoms with E-state index in [1.807, 2.05) is 0 Å². The molecular weight excluding hydrogens is 236 g/mol. The zero-order valence-corrected chi connectivity index (χ0v) is 11.8. The van der Waals surface area contributed by atoms with Crippen molar-refractivity contribution in [1.29, 1.82) is 0 Å². The summed E-state index contributed by atoms with van der Waals surface area (Å²) in [5.41, 5.74) is 0. The number of hydrogen-bond acceptors (Lipinski definition) is 4. The molecule has 0 aromatic rings. The molecule has 0 aromatic carbocycles. The molecule has 0 aliphatic rings. The van der Waals surface area contributed by atoms with E-state index in [-0.39, 0.29) is 35.5 Å². The number of ketones is 2. The van der Waals surface area contributed by atoms with Gasteiger partial charge >= 0.3 is 0 Å². The van der Waals surface area contributed by atoms with Gasteiger partial charge < -0.3 is 10.6 Å². The van der Waals surface area contributed by atoms with Crippen molar-refractivity contribution in [2.24, 2.45) is 0 Å². The van der Waals surface area contributed by atoms with Crippen LogP contribution in [-0.4, -0.2) is 35.5 Å². The average Bonchev–Trinajstić information content (AvgIpc) is 2.16. The molecule has 2 unspecified atom stereocenters. The molecule has 2 N–H and O–H groups in total. The van der Waals surface area contributed by atoms with Crippen molar-refractivity contribution in [3.05, 3.63) is 0 Å². The third-order valence-corrected chi connectivity index (χ3v) is 2.06. The van der Waals surface area contributed by atoms with E-state index in [1.165, 1.54) is 27.7 Å².